The predicted octanol–water partition coefficient (Wildman–Crippen LogP) is 6.15. The third kappa shape index (κ3) is 5.31. The first-order chi connectivity index (χ1) is 19.2. The molecular weight excluding hydrogens is 513 g/mol. The van der Waals surface area contributed by atoms with E-state index in [1.165, 1.54) is 25.4 Å². The first-order valence-electron chi connectivity index (χ1n) is 12.6. The van der Waals surface area contributed by atoms with Crippen molar-refractivity contribution in [1.29, 1.82) is 0 Å². The van der Waals surface area contributed by atoms with Crippen LogP contribution in [-0.2, 0) is 11.4 Å². The molecule has 0 spiro atoms. The number of esters is 1. The Morgan fingerprint density at radius 2 is 1.80 bits per heavy atom. The van der Waals surface area contributed by atoms with Gasteiger partial charge in [0.25, 0.3) is 0 Å². The number of rotatable bonds is 7. The zero-order chi connectivity index (χ0) is 28.4. The maximum absolute atomic E-state index is 14.0. The van der Waals surface area contributed by atoms with E-state index < -0.39 is 17.3 Å². The molecule has 204 valence electrons. The Kier molecular flexibility index (Phi) is 7.13. The van der Waals surface area contributed by atoms with Gasteiger partial charge < -0.3 is 24.8 Å². The Balaban J connectivity index is 1.55. The van der Waals surface area contributed by atoms with Gasteiger partial charge >= 0.3 is 5.97 Å². The molecule has 40 heavy (non-hydrogen) atoms. The lowest BCUT2D eigenvalue weighted by Gasteiger charge is -2.34. The number of halogens is 1. The third-order valence-corrected chi connectivity index (χ3v) is 6.64. The number of carbonyl (C=O) groups excluding carboxylic acids is 2. The number of fused-ring (bicyclic) bond motifs is 1. The van der Waals surface area contributed by atoms with Crippen molar-refractivity contribution >= 4 is 23.3 Å². The third-order valence-electron chi connectivity index (χ3n) is 6.64. The van der Waals surface area contributed by atoms with Gasteiger partial charge in [0, 0.05) is 29.5 Å². The van der Waals surface area contributed by atoms with Crippen LogP contribution >= 0.6 is 0 Å². The van der Waals surface area contributed by atoms with E-state index in [0.29, 0.717) is 33.9 Å². The highest BCUT2D eigenvalue weighted by atomic mass is 19.1. The number of nitrogens with zero attached hydrogens (tertiary/aromatic N) is 1. The summed E-state index contributed by atoms with van der Waals surface area (Å²) in [4.78, 5) is 29.4. The molecular formula is C31H28FN3O5. The lowest BCUT2D eigenvalue weighted by Crippen LogP contribution is -2.47. The van der Waals surface area contributed by atoms with Gasteiger partial charge in [-0.15, -0.1) is 0 Å². The number of hydrogen-bond acceptors (Lipinski definition) is 7. The molecule has 1 aromatic heterocycles. The summed E-state index contributed by atoms with van der Waals surface area (Å²) in [7, 11) is 1.51. The van der Waals surface area contributed by atoms with Gasteiger partial charge in [-0.3, -0.25) is 4.79 Å². The summed E-state index contributed by atoms with van der Waals surface area (Å²) in [5.41, 5.74) is 3.47. The number of aromatic nitrogens is 1. The molecule has 2 N–H and O–H groups in total. The smallest absolute Gasteiger partial charge is 0.362 e. The van der Waals surface area contributed by atoms with Crippen LogP contribution in [0.4, 0.5) is 15.8 Å². The van der Waals surface area contributed by atoms with E-state index in [1.54, 1.807) is 56.3 Å². The number of carbonyl (C=O) groups is 2. The highest BCUT2D eigenvalue weighted by molar-refractivity contribution is 6.07. The molecule has 0 aliphatic carbocycles. The molecule has 0 saturated heterocycles. The van der Waals surface area contributed by atoms with E-state index in [-0.39, 0.29) is 24.0 Å². The fourth-order valence-corrected chi connectivity index (χ4v) is 4.44. The molecule has 1 amide bonds. The quantitative estimate of drug-likeness (QED) is 0.214. The molecule has 3 aromatic carbocycles. The molecule has 0 bridgehead atoms. The lowest BCUT2D eigenvalue weighted by molar-refractivity contribution is -0.119. The van der Waals surface area contributed by atoms with Gasteiger partial charge in [-0.05, 0) is 68.3 Å². The van der Waals surface area contributed by atoms with Crippen molar-refractivity contribution in [2.24, 2.45) is 0 Å². The van der Waals surface area contributed by atoms with Crippen molar-refractivity contribution < 1.29 is 28.2 Å². The average Bonchev–Trinajstić information content (AvgIpc) is 2.94. The maximum Gasteiger partial charge on any atom is 0.362 e. The molecule has 0 radical (unpaired) electrons. The van der Waals surface area contributed by atoms with E-state index in [0.717, 1.165) is 11.3 Å². The summed E-state index contributed by atoms with van der Waals surface area (Å²) in [6.45, 7) is 5.44. The normalized spacial score (nSPS) is 13.5. The van der Waals surface area contributed by atoms with E-state index in [2.05, 4.69) is 15.6 Å². The van der Waals surface area contributed by atoms with Gasteiger partial charge in [0.2, 0.25) is 5.91 Å². The Bertz CT molecular complexity index is 1600. The molecule has 4 aromatic rings. The number of hydrogen-bond donors (Lipinski definition) is 2. The lowest BCUT2D eigenvalue weighted by atomic mass is 9.92. The summed E-state index contributed by atoms with van der Waals surface area (Å²) in [5.74, 6) is -0.110. The Labute approximate surface area is 231 Å². The molecule has 1 aliphatic heterocycles. The second-order valence-electron chi connectivity index (χ2n) is 9.88. The number of ether oxygens (including phenoxy) is 3. The van der Waals surface area contributed by atoms with Crippen molar-refractivity contribution in [2.75, 3.05) is 17.7 Å². The van der Waals surface area contributed by atoms with Crippen molar-refractivity contribution in [1.82, 2.24) is 4.98 Å². The van der Waals surface area contributed by atoms with Gasteiger partial charge in [-0.25, -0.2) is 14.2 Å². The molecule has 2 heterocycles. The topological polar surface area (TPSA) is 98.8 Å². The summed E-state index contributed by atoms with van der Waals surface area (Å²) < 4.78 is 31.2. The minimum atomic E-state index is -0.817. The largest absolute Gasteiger partial charge is 0.496 e. The molecule has 9 heteroatoms. The minimum Gasteiger partial charge on any atom is -0.496 e. The van der Waals surface area contributed by atoms with Crippen molar-refractivity contribution in [3.05, 3.63) is 95.6 Å². The summed E-state index contributed by atoms with van der Waals surface area (Å²) in [5, 5.41) is 6.29. The van der Waals surface area contributed by atoms with Gasteiger partial charge in [0.15, 0.2) is 0 Å². The van der Waals surface area contributed by atoms with Crippen molar-refractivity contribution in [2.45, 2.75) is 32.9 Å². The molecule has 0 saturated carbocycles. The van der Waals surface area contributed by atoms with Crippen molar-refractivity contribution in [3.8, 4) is 28.4 Å². The minimum absolute atomic E-state index is 0.0325. The molecule has 0 fully saturated rings. The van der Waals surface area contributed by atoms with Gasteiger partial charge in [0.1, 0.15) is 40.9 Å². The van der Waals surface area contributed by atoms with Crippen LogP contribution in [0, 0.1) is 12.7 Å². The summed E-state index contributed by atoms with van der Waals surface area (Å²) >= 11 is 0. The zero-order valence-electron chi connectivity index (χ0n) is 22.5. The fraction of sp³-hybridized carbons (Fsp3) is 0.194. The van der Waals surface area contributed by atoms with Crippen LogP contribution in [0.15, 0.2) is 72.9 Å². The van der Waals surface area contributed by atoms with E-state index in [9.17, 15) is 14.0 Å². The van der Waals surface area contributed by atoms with E-state index in [4.69, 9.17) is 14.2 Å². The first-order valence-corrected chi connectivity index (χ1v) is 12.6. The zero-order valence-corrected chi connectivity index (χ0v) is 22.5. The predicted molar refractivity (Wildman–Crippen MR) is 149 cm³/mol. The van der Waals surface area contributed by atoms with Gasteiger partial charge in [-0.2, -0.15) is 0 Å². The Morgan fingerprint density at radius 3 is 2.55 bits per heavy atom. The summed E-state index contributed by atoms with van der Waals surface area (Å²) in [6.07, 6.45) is 1.51. The number of pyridine rings is 1. The number of benzene rings is 3. The van der Waals surface area contributed by atoms with Crippen molar-refractivity contribution in [3.63, 3.8) is 0 Å². The Hall–Kier alpha value is -4.92. The van der Waals surface area contributed by atoms with Gasteiger partial charge in [0.05, 0.1) is 18.5 Å². The highest BCUT2D eigenvalue weighted by Crippen LogP contribution is 2.43. The second kappa shape index (κ2) is 10.7. The van der Waals surface area contributed by atoms with Crippen LogP contribution < -0.4 is 24.8 Å². The standard InChI is InChI=1S/C31H28FN3O5/c1-18-8-9-19(32)15-26(18)39-17-23-21(12-13-24-28(23)34-30(37)31(2,3)35-24)22-11-10-20(16-27(22)38-4)40-29(36)25-7-5-6-14-33-25/h5-16,35H,17H2,1-4H3,(H,34,37). The first kappa shape index (κ1) is 26.7. The molecule has 0 atom stereocenters. The number of aryl methyl sites for hydroxylation is 1. The number of methoxy groups -OCH3 is 1. The molecule has 5 rings (SSSR count). The number of amides is 1. The van der Waals surface area contributed by atoms with E-state index in [1.807, 2.05) is 19.1 Å². The number of anilines is 2. The van der Waals surface area contributed by atoms with E-state index >= 15 is 0 Å². The average molecular weight is 542 g/mol. The van der Waals surface area contributed by atoms with Crippen LogP contribution in [0.3, 0.4) is 0 Å². The summed E-state index contributed by atoms with van der Waals surface area (Å²) in [6, 6.07) is 18.1. The SMILES string of the molecule is COc1cc(OC(=O)c2ccccn2)ccc1-c1ccc2c(c1COc1cc(F)ccc1C)NC(=O)C(C)(C)N2. The van der Waals surface area contributed by atoms with Crippen LogP contribution in [0.2, 0.25) is 0 Å². The maximum atomic E-state index is 14.0. The molecule has 0 unspecified atom stereocenters. The number of nitrogens with one attached hydrogen (secondary N) is 2. The van der Waals surface area contributed by atoms with Crippen LogP contribution in [0.5, 0.6) is 17.2 Å². The van der Waals surface area contributed by atoms with Crippen LogP contribution in [-0.4, -0.2) is 29.5 Å². The second-order valence-corrected chi connectivity index (χ2v) is 9.88. The molecule has 8 nitrogen and oxygen atoms in total. The monoisotopic (exact) mass is 541 g/mol. The Morgan fingerprint density at radius 1 is 1.00 bits per heavy atom. The highest BCUT2D eigenvalue weighted by Gasteiger charge is 2.35. The van der Waals surface area contributed by atoms with Crippen LogP contribution in [0.1, 0.15) is 35.5 Å². The molecule has 1 aliphatic rings. The fourth-order valence-electron chi connectivity index (χ4n) is 4.44. The van der Waals surface area contributed by atoms with Crippen LogP contribution in [0.25, 0.3) is 11.1 Å². The van der Waals surface area contributed by atoms with Gasteiger partial charge in [-0.1, -0.05) is 18.2 Å².